The largest absolute Gasteiger partial charge is 0.489 e. The first-order valence-corrected chi connectivity index (χ1v) is 17.0. The van der Waals surface area contributed by atoms with E-state index in [1.165, 1.54) is 24.3 Å². The number of hydrogen-bond donors (Lipinski definition) is 4. The summed E-state index contributed by atoms with van der Waals surface area (Å²) in [5.41, 5.74) is 4.66. The summed E-state index contributed by atoms with van der Waals surface area (Å²) in [5, 5.41) is 38.4. The summed E-state index contributed by atoms with van der Waals surface area (Å²) in [4.78, 5) is 23.3. The molecule has 0 aromatic heterocycles. The molecule has 0 saturated heterocycles. The molecule has 0 aliphatic rings. The number of benzene rings is 6. The summed E-state index contributed by atoms with van der Waals surface area (Å²) in [6.07, 6.45) is 0. The van der Waals surface area contributed by atoms with Crippen LogP contribution in [0.25, 0.3) is 0 Å². The Balaban J connectivity index is 0.000000240. The maximum atomic E-state index is 11.7. The van der Waals surface area contributed by atoms with Crippen LogP contribution in [0.15, 0.2) is 146 Å². The van der Waals surface area contributed by atoms with E-state index in [1.807, 2.05) is 121 Å². The second-order valence-electron chi connectivity index (χ2n) is 11.9. The van der Waals surface area contributed by atoms with Crippen molar-refractivity contribution in [1.29, 1.82) is 0 Å². The van der Waals surface area contributed by atoms with Crippen molar-refractivity contribution in [1.82, 2.24) is 0 Å². The number of aliphatic hydroxyl groups is 2. The number of aliphatic hydroxyl groups excluding tert-OH is 2. The number of carboxylic acid groups (broad SMARTS) is 2. The molecule has 0 amide bonds. The molecule has 0 unspecified atom stereocenters. The van der Waals surface area contributed by atoms with Gasteiger partial charge in [-0.1, -0.05) is 121 Å². The maximum Gasteiger partial charge on any atom is 0.339 e. The van der Waals surface area contributed by atoms with Gasteiger partial charge in [0.2, 0.25) is 0 Å². The van der Waals surface area contributed by atoms with Crippen LogP contribution in [0.4, 0.5) is 0 Å². The molecular formula is C44H40O10Y. The molecule has 6 rings (SSSR count). The molecule has 10 nitrogen and oxygen atoms in total. The van der Waals surface area contributed by atoms with Gasteiger partial charge in [-0.2, -0.15) is 0 Å². The molecule has 11 heteroatoms. The fraction of sp³-hybridized carbons (Fsp3) is 0.136. The van der Waals surface area contributed by atoms with Gasteiger partial charge in [0, 0.05) is 43.8 Å². The molecule has 1 radical (unpaired) electrons. The van der Waals surface area contributed by atoms with Crippen LogP contribution in [0.2, 0.25) is 0 Å². The molecule has 55 heavy (non-hydrogen) atoms. The zero-order valence-corrected chi connectivity index (χ0v) is 32.8. The van der Waals surface area contributed by atoms with Crippen LogP contribution < -0.4 is 18.9 Å². The molecule has 279 valence electrons. The average Bonchev–Trinajstić information content (AvgIpc) is 3.22. The molecule has 0 atom stereocenters. The van der Waals surface area contributed by atoms with E-state index in [0.717, 1.165) is 22.3 Å². The zero-order valence-electron chi connectivity index (χ0n) is 29.9. The summed E-state index contributed by atoms with van der Waals surface area (Å²) in [6, 6.07) is 43.8. The zero-order chi connectivity index (χ0) is 38.1. The van der Waals surface area contributed by atoms with Crippen LogP contribution in [0.3, 0.4) is 0 Å². The first kappa shape index (κ1) is 42.2. The number of carbonyl (C=O) groups is 2. The minimum Gasteiger partial charge on any atom is -0.489 e. The number of ether oxygens (including phenoxy) is 4. The van der Waals surface area contributed by atoms with E-state index in [-0.39, 0.29) is 95.0 Å². The number of hydrogen-bond acceptors (Lipinski definition) is 8. The summed E-state index contributed by atoms with van der Waals surface area (Å²) >= 11 is 0. The molecule has 4 N–H and O–H groups in total. The second-order valence-corrected chi connectivity index (χ2v) is 11.9. The van der Waals surface area contributed by atoms with Gasteiger partial charge in [0.1, 0.15) is 60.6 Å². The van der Waals surface area contributed by atoms with Gasteiger partial charge in [0.25, 0.3) is 0 Å². The Bertz CT molecular complexity index is 1940. The van der Waals surface area contributed by atoms with Crippen molar-refractivity contribution < 1.29 is 81.7 Å². The van der Waals surface area contributed by atoms with Crippen LogP contribution in [-0.4, -0.2) is 32.4 Å². The fourth-order valence-electron chi connectivity index (χ4n) is 5.23. The molecule has 0 fully saturated rings. The first-order valence-electron chi connectivity index (χ1n) is 17.0. The van der Waals surface area contributed by atoms with E-state index in [2.05, 4.69) is 0 Å². The predicted molar refractivity (Wildman–Crippen MR) is 202 cm³/mol. The molecule has 6 aromatic carbocycles. The molecule has 0 aliphatic heterocycles. The third kappa shape index (κ3) is 12.8. The normalized spacial score (nSPS) is 10.2. The van der Waals surface area contributed by atoms with Crippen molar-refractivity contribution in [3.63, 3.8) is 0 Å². The van der Waals surface area contributed by atoms with Crippen molar-refractivity contribution in [2.45, 2.75) is 39.6 Å². The second kappa shape index (κ2) is 22.0. The predicted octanol–water partition coefficient (Wildman–Crippen LogP) is 8.07. The van der Waals surface area contributed by atoms with Crippen molar-refractivity contribution in [2.75, 3.05) is 0 Å². The first-order chi connectivity index (χ1) is 26.3. The summed E-state index contributed by atoms with van der Waals surface area (Å²) < 4.78 is 22.9. The van der Waals surface area contributed by atoms with Crippen LogP contribution in [-0.2, 0) is 72.4 Å². The average molecular weight is 818 g/mol. The van der Waals surface area contributed by atoms with Gasteiger partial charge < -0.3 is 39.4 Å². The molecular weight excluding hydrogens is 777 g/mol. The van der Waals surface area contributed by atoms with Crippen LogP contribution in [0.5, 0.6) is 23.0 Å². The Morgan fingerprint density at radius 1 is 0.400 bits per heavy atom. The molecule has 0 spiro atoms. The standard InChI is InChI=1S/2C22H20O5.Y/c2*23-13-18-11-21(27-15-17-9-5-2-6-10-17)19(22(24)25)12-20(18)26-14-16-7-3-1-4-8-16;/h2*1-12,23H,13-15H2,(H,24,25);. The number of carboxylic acids is 2. The monoisotopic (exact) mass is 817 g/mol. The van der Waals surface area contributed by atoms with E-state index in [9.17, 15) is 30.0 Å². The molecule has 0 bridgehead atoms. The van der Waals surface area contributed by atoms with E-state index in [0.29, 0.717) is 22.6 Å². The summed E-state index contributed by atoms with van der Waals surface area (Å²) in [7, 11) is 0. The van der Waals surface area contributed by atoms with Gasteiger partial charge in [0.15, 0.2) is 0 Å². The molecule has 0 heterocycles. The van der Waals surface area contributed by atoms with Crippen molar-refractivity contribution in [3.05, 3.63) is 190 Å². The van der Waals surface area contributed by atoms with Gasteiger partial charge in [-0.05, 0) is 46.5 Å². The quantitative estimate of drug-likeness (QED) is 0.0755. The smallest absolute Gasteiger partial charge is 0.339 e. The molecule has 0 saturated carbocycles. The molecule has 6 aromatic rings. The number of rotatable bonds is 16. The van der Waals surface area contributed by atoms with Gasteiger partial charge in [-0.25, -0.2) is 9.59 Å². The third-order valence-electron chi connectivity index (χ3n) is 8.08. The summed E-state index contributed by atoms with van der Waals surface area (Å²) in [6.45, 7) is 0.443. The Morgan fingerprint density at radius 3 is 0.891 bits per heavy atom. The Morgan fingerprint density at radius 2 is 0.655 bits per heavy atom. The fourth-order valence-corrected chi connectivity index (χ4v) is 5.23. The van der Waals surface area contributed by atoms with Crippen molar-refractivity contribution >= 4 is 11.9 Å². The number of aromatic carboxylic acids is 2. The molecule has 0 aliphatic carbocycles. The topological polar surface area (TPSA) is 152 Å². The third-order valence-corrected chi connectivity index (χ3v) is 8.08. The van der Waals surface area contributed by atoms with Gasteiger partial charge in [-0.3, -0.25) is 0 Å². The maximum absolute atomic E-state index is 11.7. The van der Waals surface area contributed by atoms with Crippen LogP contribution in [0, 0.1) is 0 Å². The SMILES string of the molecule is O=C(O)c1cc(OCc2ccccc2)c(CO)cc1OCc1ccccc1.O=C(O)c1cc(OCc2ccccc2)c(CO)cc1OCc1ccccc1.[Y]. The van der Waals surface area contributed by atoms with Crippen molar-refractivity contribution in [3.8, 4) is 23.0 Å². The Labute approximate surface area is 344 Å². The van der Waals surface area contributed by atoms with Crippen LogP contribution >= 0.6 is 0 Å². The van der Waals surface area contributed by atoms with Gasteiger partial charge in [-0.15, -0.1) is 0 Å². The van der Waals surface area contributed by atoms with Crippen molar-refractivity contribution in [2.24, 2.45) is 0 Å². The Hall–Kier alpha value is -5.52. The van der Waals surface area contributed by atoms with E-state index in [4.69, 9.17) is 18.9 Å². The minimum atomic E-state index is -1.12. The van der Waals surface area contributed by atoms with Gasteiger partial charge >= 0.3 is 11.9 Å². The van der Waals surface area contributed by atoms with E-state index in [1.54, 1.807) is 0 Å². The van der Waals surface area contributed by atoms with E-state index < -0.39 is 11.9 Å². The van der Waals surface area contributed by atoms with Crippen LogP contribution in [0.1, 0.15) is 54.1 Å². The minimum absolute atomic E-state index is 0. The van der Waals surface area contributed by atoms with E-state index >= 15 is 0 Å². The Kier molecular flexibility index (Phi) is 16.9. The van der Waals surface area contributed by atoms with Gasteiger partial charge in [0.05, 0.1) is 13.2 Å². The summed E-state index contributed by atoms with van der Waals surface area (Å²) in [5.74, 6) is -1.19.